The number of carbonyl (C=O) groups is 1. The van der Waals surface area contributed by atoms with E-state index >= 15 is 0 Å². The maximum atomic E-state index is 11.8. The van der Waals surface area contributed by atoms with Crippen LogP contribution in [0.5, 0.6) is 0 Å². The third kappa shape index (κ3) is 7.81. The molecule has 16 heavy (non-hydrogen) atoms. The van der Waals surface area contributed by atoms with E-state index in [2.05, 4.69) is 5.32 Å². The van der Waals surface area contributed by atoms with Crippen molar-refractivity contribution in [1.29, 1.82) is 0 Å². The number of halogens is 3. The summed E-state index contributed by atoms with van der Waals surface area (Å²) in [4.78, 5) is 11.2. The molecule has 0 aliphatic carbocycles. The van der Waals surface area contributed by atoms with E-state index < -0.39 is 17.8 Å². The summed E-state index contributed by atoms with van der Waals surface area (Å²) in [6, 6.07) is -0.246. The molecule has 0 saturated carbocycles. The predicted octanol–water partition coefficient (Wildman–Crippen LogP) is 1.41. The van der Waals surface area contributed by atoms with Crippen LogP contribution in [0.1, 0.15) is 13.8 Å². The first-order valence-corrected chi connectivity index (χ1v) is 5.96. The molecule has 2 atom stereocenters. The summed E-state index contributed by atoms with van der Waals surface area (Å²) in [6.07, 6.45) is -4.24. The summed E-state index contributed by atoms with van der Waals surface area (Å²) in [5.41, 5.74) is 0. The first-order valence-electron chi connectivity index (χ1n) is 4.81. The fourth-order valence-electron chi connectivity index (χ4n) is 0.855. The molecule has 0 heterocycles. The molecule has 0 aromatic heterocycles. The highest BCUT2D eigenvalue weighted by Crippen LogP contribution is 2.20. The molecular weight excluding hydrogens is 243 g/mol. The molecule has 2 N–H and O–H groups in total. The van der Waals surface area contributed by atoms with Crippen LogP contribution in [0.4, 0.5) is 13.2 Å². The summed E-state index contributed by atoms with van der Waals surface area (Å²) < 4.78 is 35.3. The Hall–Kier alpha value is -0.430. The molecule has 0 rings (SSSR count). The number of hydrogen-bond acceptors (Lipinski definition) is 3. The largest absolute Gasteiger partial charge is 0.397 e. The minimum absolute atomic E-state index is 0.0723. The van der Waals surface area contributed by atoms with Crippen molar-refractivity contribution in [2.24, 2.45) is 5.92 Å². The molecule has 3 nitrogen and oxygen atoms in total. The Bertz CT molecular complexity index is 223. The summed E-state index contributed by atoms with van der Waals surface area (Å²) in [5, 5.41) is 11.3. The Labute approximate surface area is 96.8 Å². The maximum absolute atomic E-state index is 11.8. The van der Waals surface area contributed by atoms with Crippen molar-refractivity contribution < 1.29 is 23.1 Å². The molecule has 7 heteroatoms. The van der Waals surface area contributed by atoms with Crippen molar-refractivity contribution in [3.05, 3.63) is 0 Å². The molecule has 0 aromatic rings. The van der Waals surface area contributed by atoms with E-state index in [-0.39, 0.29) is 24.3 Å². The monoisotopic (exact) mass is 259 g/mol. The first-order chi connectivity index (χ1) is 7.26. The average Bonchev–Trinajstić information content (AvgIpc) is 2.14. The molecule has 0 radical (unpaired) electrons. The van der Waals surface area contributed by atoms with Crippen LogP contribution in [0.3, 0.4) is 0 Å². The third-order valence-corrected chi connectivity index (χ3v) is 3.03. The normalized spacial score (nSPS) is 15.6. The minimum Gasteiger partial charge on any atom is -0.396 e. The van der Waals surface area contributed by atoms with Crippen molar-refractivity contribution in [3.8, 4) is 0 Å². The number of hydrogen-bond donors (Lipinski definition) is 2. The minimum atomic E-state index is -4.24. The van der Waals surface area contributed by atoms with Crippen LogP contribution in [0.15, 0.2) is 0 Å². The van der Waals surface area contributed by atoms with Gasteiger partial charge in [0.05, 0.1) is 11.5 Å². The Balaban J connectivity index is 3.75. The fourth-order valence-corrected chi connectivity index (χ4v) is 1.46. The van der Waals surface area contributed by atoms with Crippen LogP contribution < -0.4 is 5.32 Å². The zero-order valence-electron chi connectivity index (χ0n) is 9.17. The van der Waals surface area contributed by atoms with E-state index in [1.54, 1.807) is 13.8 Å². The Kier molecular flexibility index (Phi) is 6.82. The molecule has 0 saturated heterocycles. The summed E-state index contributed by atoms with van der Waals surface area (Å²) >= 11 is 0.530. The summed E-state index contributed by atoms with van der Waals surface area (Å²) in [6.45, 7) is 3.37. The molecule has 2 unspecified atom stereocenters. The fraction of sp³-hybridized carbons (Fsp3) is 0.889. The Morgan fingerprint density at radius 1 is 1.44 bits per heavy atom. The smallest absolute Gasteiger partial charge is 0.396 e. The van der Waals surface area contributed by atoms with Crippen molar-refractivity contribution in [2.45, 2.75) is 26.1 Å². The summed E-state index contributed by atoms with van der Waals surface area (Å²) in [7, 11) is 0. The molecule has 0 aliphatic rings. The van der Waals surface area contributed by atoms with E-state index in [1.165, 1.54) is 0 Å². The van der Waals surface area contributed by atoms with Gasteiger partial charge in [-0.25, -0.2) is 0 Å². The van der Waals surface area contributed by atoms with Crippen LogP contribution >= 0.6 is 11.8 Å². The second kappa shape index (κ2) is 7.01. The van der Waals surface area contributed by atoms with Crippen LogP contribution in [-0.2, 0) is 4.79 Å². The second-order valence-electron chi connectivity index (χ2n) is 3.62. The quantitative estimate of drug-likeness (QED) is 0.758. The Morgan fingerprint density at radius 3 is 2.44 bits per heavy atom. The van der Waals surface area contributed by atoms with E-state index in [4.69, 9.17) is 5.11 Å². The lowest BCUT2D eigenvalue weighted by molar-refractivity contribution is -0.119. The van der Waals surface area contributed by atoms with Crippen LogP contribution in [0.2, 0.25) is 0 Å². The zero-order valence-corrected chi connectivity index (χ0v) is 9.99. The molecular formula is C9H16F3NO2S. The molecule has 0 aliphatic heterocycles. The first kappa shape index (κ1) is 15.6. The number of carbonyl (C=O) groups excluding carboxylic acids is 1. The second-order valence-corrected chi connectivity index (χ2v) is 4.61. The predicted molar refractivity (Wildman–Crippen MR) is 57.2 cm³/mol. The summed E-state index contributed by atoms with van der Waals surface area (Å²) in [5.74, 6) is -1.80. The highest BCUT2D eigenvalue weighted by Gasteiger charge is 2.27. The number of aliphatic hydroxyl groups is 1. The number of aliphatic hydroxyl groups excluding tert-OH is 1. The third-order valence-electron chi connectivity index (χ3n) is 2.03. The van der Waals surface area contributed by atoms with Crippen molar-refractivity contribution >= 4 is 17.7 Å². The molecule has 0 aromatic carbocycles. The van der Waals surface area contributed by atoms with Gasteiger partial charge in [0, 0.05) is 12.6 Å². The van der Waals surface area contributed by atoms with Crippen molar-refractivity contribution in [3.63, 3.8) is 0 Å². The molecule has 0 fully saturated rings. The van der Waals surface area contributed by atoms with Gasteiger partial charge in [-0.15, -0.1) is 11.8 Å². The van der Waals surface area contributed by atoms with Crippen LogP contribution in [0.25, 0.3) is 0 Å². The highest BCUT2D eigenvalue weighted by molar-refractivity contribution is 8.00. The van der Waals surface area contributed by atoms with E-state index in [1.807, 2.05) is 0 Å². The number of amides is 1. The van der Waals surface area contributed by atoms with Gasteiger partial charge in [0.15, 0.2) is 0 Å². The van der Waals surface area contributed by atoms with Gasteiger partial charge in [-0.3, -0.25) is 4.79 Å². The lowest BCUT2D eigenvalue weighted by Gasteiger charge is -2.19. The van der Waals surface area contributed by atoms with E-state index in [0.717, 1.165) is 0 Å². The number of alkyl halides is 3. The van der Waals surface area contributed by atoms with Gasteiger partial charge in [0.25, 0.3) is 0 Å². The molecule has 0 spiro atoms. The number of rotatable bonds is 6. The van der Waals surface area contributed by atoms with Gasteiger partial charge >= 0.3 is 6.18 Å². The van der Waals surface area contributed by atoms with Gasteiger partial charge in [0.2, 0.25) is 5.91 Å². The SMILES string of the molecule is CC(CO)C(C)NC(=O)CSCC(F)(F)F. The van der Waals surface area contributed by atoms with Gasteiger partial charge in [0.1, 0.15) is 0 Å². The highest BCUT2D eigenvalue weighted by atomic mass is 32.2. The molecule has 0 bridgehead atoms. The van der Waals surface area contributed by atoms with Gasteiger partial charge in [-0.05, 0) is 12.8 Å². The van der Waals surface area contributed by atoms with Gasteiger partial charge < -0.3 is 10.4 Å². The molecule has 96 valence electrons. The standard InChI is InChI=1S/C9H16F3NO2S/c1-6(3-14)7(2)13-8(15)4-16-5-9(10,11)12/h6-7,14H,3-5H2,1-2H3,(H,13,15). The molecule has 1 amide bonds. The van der Waals surface area contributed by atoms with E-state index in [9.17, 15) is 18.0 Å². The van der Waals surface area contributed by atoms with Crippen LogP contribution in [-0.4, -0.2) is 41.3 Å². The Morgan fingerprint density at radius 2 is 2.00 bits per heavy atom. The number of nitrogens with one attached hydrogen (secondary N) is 1. The van der Waals surface area contributed by atoms with Crippen LogP contribution in [0, 0.1) is 5.92 Å². The average molecular weight is 259 g/mol. The van der Waals surface area contributed by atoms with Crippen molar-refractivity contribution in [1.82, 2.24) is 5.32 Å². The number of thioether (sulfide) groups is 1. The van der Waals surface area contributed by atoms with Crippen molar-refractivity contribution in [2.75, 3.05) is 18.1 Å². The van der Waals surface area contributed by atoms with Gasteiger partial charge in [-0.1, -0.05) is 6.92 Å². The lowest BCUT2D eigenvalue weighted by atomic mass is 10.1. The van der Waals surface area contributed by atoms with E-state index in [0.29, 0.717) is 11.8 Å². The maximum Gasteiger partial charge on any atom is 0.397 e. The van der Waals surface area contributed by atoms with Gasteiger partial charge in [-0.2, -0.15) is 13.2 Å². The topological polar surface area (TPSA) is 49.3 Å². The zero-order chi connectivity index (χ0) is 12.8. The lowest BCUT2D eigenvalue weighted by Crippen LogP contribution is -2.39.